The summed E-state index contributed by atoms with van der Waals surface area (Å²) in [6.45, 7) is 0. The summed E-state index contributed by atoms with van der Waals surface area (Å²) >= 11 is 0. The van der Waals surface area contributed by atoms with Crippen molar-refractivity contribution < 1.29 is 4.42 Å². The molecule has 4 aromatic rings. The van der Waals surface area contributed by atoms with E-state index in [0.29, 0.717) is 11.6 Å². The Morgan fingerprint density at radius 2 is 1.95 bits per heavy atom. The van der Waals surface area contributed by atoms with Crippen LogP contribution in [0, 0.1) is 0 Å². The zero-order valence-electron chi connectivity index (χ0n) is 11.0. The van der Waals surface area contributed by atoms with Crippen LogP contribution in [-0.2, 0) is 14.1 Å². The smallest absolute Gasteiger partial charge is 0.328 e. The van der Waals surface area contributed by atoms with Gasteiger partial charge in [-0.1, -0.05) is 0 Å². The lowest BCUT2D eigenvalue weighted by Crippen LogP contribution is -2.19. The van der Waals surface area contributed by atoms with E-state index in [-0.39, 0.29) is 5.69 Å². The van der Waals surface area contributed by atoms with E-state index in [1.807, 2.05) is 24.3 Å². The highest BCUT2D eigenvalue weighted by molar-refractivity contribution is 5.93. The van der Waals surface area contributed by atoms with Gasteiger partial charge in [0.15, 0.2) is 11.6 Å². The lowest BCUT2D eigenvalue weighted by Gasteiger charge is -1.94. The molecule has 1 aromatic carbocycles. The lowest BCUT2D eigenvalue weighted by atomic mass is 10.2. The van der Waals surface area contributed by atoms with Gasteiger partial charge in [-0.15, -0.1) is 0 Å². The van der Waals surface area contributed by atoms with Gasteiger partial charge < -0.3 is 9.40 Å². The second-order valence-electron chi connectivity index (χ2n) is 4.82. The van der Waals surface area contributed by atoms with Gasteiger partial charge in [0.05, 0.1) is 28.3 Å². The van der Waals surface area contributed by atoms with Crippen molar-refractivity contribution >= 4 is 22.1 Å². The number of furan rings is 1. The molecular weight excluding hydrogens is 256 g/mol. The first kappa shape index (κ1) is 11.1. The molecule has 100 valence electrons. The van der Waals surface area contributed by atoms with Crippen molar-refractivity contribution in [2.75, 3.05) is 0 Å². The molecule has 20 heavy (non-hydrogen) atoms. The molecule has 4 rings (SSSR count). The summed E-state index contributed by atoms with van der Waals surface area (Å²) in [7, 11) is 3.52. The van der Waals surface area contributed by atoms with E-state index >= 15 is 0 Å². The molecule has 0 atom stereocenters. The normalized spacial score (nSPS) is 11.7. The van der Waals surface area contributed by atoms with Crippen molar-refractivity contribution in [2.24, 2.45) is 14.1 Å². The van der Waals surface area contributed by atoms with Gasteiger partial charge in [-0.3, -0.25) is 9.13 Å². The van der Waals surface area contributed by atoms with Crippen LogP contribution < -0.4 is 5.69 Å². The maximum absolute atomic E-state index is 11.9. The fraction of sp³-hybridized carbons (Fsp3) is 0.143. The molecule has 0 saturated carbocycles. The van der Waals surface area contributed by atoms with Crippen LogP contribution in [0.2, 0.25) is 0 Å². The summed E-state index contributed by atoms with van der Waals surface area (Å²) in [5.74, 6) is 1.38. The van der Waals surface area contributed by atoms with E-state index < -0.39 is 0 Å². The number of benzene rings is 1. The van der Waals surface area contributed by atoms with Crippen LogP contribution in [0.5, 0.6) is 0 Å². The Morgan fingerprint density at radius 1 is 1.20 bits per heavy atom. The molecule has 0 unspecified atom stereocenters. The van der Waals surface area contributed by atoms with Gasteiger partial charge in [0.25, 0.3) is 0 Å². The van der Waals surface area contributed by atoms with Crippen LogP contribution >= 0.6 is 0 Å². The maximum atomic E-state index is 11.9. The van der Waals surface area contributed by atoms with E-state index in [1.165, 1.54) is 0 Å². The van der Waals surface area contributed by atoms with E-state index in [9.17, 15) is 4.79 Å². The molecule has 0 spiro atoms. The minimum absolute atomic E-state index is 0.0427. The predicted octanol–water partition coefficient (Wildman–Crippen LogP) is 2.01. The summed E-state index contributed by atoms with van der Waals surface area (Å²) in [4.78, 5) is 19.7. The number of aryl methyl sites for hydroxylation is 2. The number of imidazole rings is 2. The first-order chi connectivity index (χ1) is 9.65. The van der Waals surface area contributed by atoms with E-state index in [2.05, 4.69) is 9.97 Å². The third-order valence-corrected chi connectivity index (χ3v) is 3.63. The number of nitrogens with zero attached hydrogens (tertiary/aromatic N) is 3. The standard InChI is InChI=1S/C14H12N4O2/c1-17-10-6-8-9(7-11(10)18(2)14(17)19)16-13(15-8)12-4-3-5-20-12/h3-7H,1-2H3,(H,15,16). The molecule has 6 heteroatoms. The Hall–Kier alpha value is -2.76. The third-order valence-electron chi connectivity index (χ3n) is 3.63. The summed E-state index contributed by atoms with van der Waals surface area (Å²) in [5, 5.41) is 0. The van der Waals surface area contributed by atoms with E-state index in [1.54, 1.807) is 29.5 Å². The molecule has 0 amide bonds. The minimum atomic E-state index is -0.0427. The van der Waals surface area contributed by atoms with Gasteiger partial charge in [0.1, 0.15) is 0 Å². The second kappa shape index (κ2) is 3.63. The highest BCUT2D eigenvalue weighted by Crippen LogP contribution is 2.24. The molecule has 0 aliphatic rings. The van der Waals surface area contributed by atoms with Crippen LogP contribution in [0.15, 0.2) is 39.7 Å². The van der Waals surface area contributed by atoms with Crippen LogP contribution in [0.25, 0.3) is 33.7 Å². The Kier molecular flexibility index (Phi) is 2.01. The summed E-state index contributed by atoms with van der Waals surface area (Å²) in [6, 6.07) is 7.52. The molecule has 0 aliphatic carbocycles. The molecule has 0 aliphatic heterocycles. The highest BCUT2D eigenvalue weighted by atomic mass is 16.3. The Morgan fingerprint density at radius 3 is 2.65 bits per heavy atom. The molecule has 3 heterocycles. The summed E-state index contributed by atoms with van der Waals surface area (Å²) in [6.07, 6.45) is 1.61. The number of nitrogens with one attached hydrogen (secondary N) is 1. The van der Waals surface area contributed by atoms with E-state index in [4.69, 9.17) is 4.42 Å². The zero-order valence-corrected chi connectivity index (χ0v) is 11.0. The van der Waals surface area contributed by atoms with Crippen molar-refractivity contribution in [3.63, 3.8) is 0 Å². The number of aromatic nitrogens is 4. The van der Waals surface area contributed by atoms with Crippen LogP contribution in [-0.4, -0.2) is 19.1 Å². The van der Waals surface area contributed by atoms with Crippen molar-refractivity contribution in [3.05, 3.63) is 41.0 Å². The number of H-pyrrole nitrogens is 1. The average molecular weight is 268 g/mol. The predicted molar refractivity (Wildman–Crippen MR) is 75.5 cm³/mol. The topological polar surface area (TPSA) is 68.8 Å². The molecule has 3 aromatic heterocycles. The van der Waals surface area contributed by atoms with E-state index in [0.717, 1.165) is 22.1 Å². The van der Waals surface area contributed by atoms with Crippen molar-refractivity contribution in [1.82, 2.24) is 19.1 Å². The first-order valence-corrected chi connectivity index (χ1v) is 6.24. The SMILES string of the molecule is Cn1c(=O)n(C)c2cc3[nH]c(-c4ccco4)nc3cc21. The van der Waals surface area contributed by atoms with Gasteiger partial charge in [-0.2, -0.15) is 0 Å². The summed E-state index contributed by atoms with van der Waals surface area (Å²) in [5.41, 5.74) is 3.39. The molecule has 1 N–H and O–H groups in total. The highest BCUT2D eigenvalue weighted by Gasteiger charge is 2.13. The number of hydrogen-bond acceptors (Lipinski definition) is 3. The molecule has 0 radical (unpaired) electrons. The van der Waals surface area contributed by atoms with Crippen molar-refractivity contribution in [2.45, 2.75) is 0 Å². The molecule has 0 saturated heterocycles. The van der Waals surface area contributed by atoms with Gasteiger partial charge >= 0.3 is 5.69 Å². The van der Waals surface area contributed by atoms with Crippen molar-refractivity contribution in [3.8, 4) is 11.6 Å². The number of fused-ring (bicyclic) bond motifs is 2. The van der Waals surface area contributed by atoms with Gasteiger partial charge in [0.2, 0.25) is 0 Å². The Balaban J connectivity index is 2.07. The first-order valence-electron chi connectivity index (χ1n) is 6.24. The van der Waals surface area contributed by atoms with Crippen LogP contribution in [0.4, 0.5) is 0 Å². The monoisotopic (exact) mass is 268 g/mol. The van der Waals surface area contributed by atoms with Crippen LogP contribution in [0.1, 0.15) is 0 Å². The maximum Gasteiger partial charge on any atom is 0.328 e. The fourth-order valence-corrected chi connectivity index (χ4v) is 2.53. The zero-order chi connectivity index (χ0) is 13.9. The quantitative estimate of drug-likeness (QED) is 0.574. The van der Waals surface area contributed by atoms with Gasteiger partial charge in [0, 0.05) is 14.1 Å². The minimum Gasteiger partial charge on any atom is -0.461 e. The third kappa shape index (κ3) is 1.33. The number of aromatic amines is 1. The molecule has 0 fully saturated rings. The lowest BCUT2D eigenvalue weighted by molar-refractivity contribution is 0.578. The average Bonchev–Trinajstić information content (AvgIpc) is 3.14. The number of hydrogen-bond donors (Lipinski definition) is 1. The van der Waals surface area contributed by atoms with Crippen LogP contribution in [0.3, 0.4) is 0 Å². The number of rotatable bonds is 1. The molecular formula is C14H12N4O2. The van der Waals surface area contributed by atoms with Crippen molar-refractivity contribution in [1.29, 1.82) is 0 Å². The van der Waals surface area contributed by atoms with Gasteiger partial charge in [-0.25, -0.2) is 9.78 Å². The Labute approximate surface area is 113 Å². The second-order valence-corrected chi connectivity index (χ2v) is 4.82. The fourth-order valence-electron chi connectivity index (χ4n) is 2.53. The largest absolute Gasteiger partial charge is 0.461 e. The molecule has 0 bridgehead atoms. The Bertz CT molecular complexity index is 926. The molecule has 6 nitrogen and oxygen atoms in total. The summed E-state index contributed by atoms with van der Waals surface area (Å²) < 4.78 is 8.59. The van der Waals surface area contributed by atoms with Gasteiger partial charge in [-0.05, 0) is 24.3 Å².